The molecule has 1 heterocycles. The summed E-state index contributed by atoms with van der Waals surface area (Å²) in [5.74, 6) is -0.217. The molecule has 24 heavy (non-hydrogen) atoms. The number of hydrogen-bond acceptors (Lipinski definition) is 3. The van der Waals surface area contributed by atoms with E-state index in [1.165, 1.54) is 12.1 Å². The van der Waals surface area contributed by atoms with E-state index in [1.807, 2.05) is 44.2 Å². The zero-order valence-corrected chi connectivity index (χ0v) is 13.8. The van der Waals surface area contributed by atoms with Gasteiger partial charge in [-0.1, -0.05) is 37.3 Å². The van der Waals surface area contributed by atoms with Gasteiger partial charge in [0.05, 0.1) is 6.04 Å². The van der Waals surface area contributed by atoms with Crippen LogP contribution in [0.1, 0.15) is 31.0 Å². The summed E-state index contributed by atoms with van der Waals surface area (Å²) in [6.07, 6.45) is -0.500. The monoisotopic (exact) mass is 328 g/mol. The van der Waals surface area contributed by atoms with E-state index in [0.29, 0.717) is 0 Å². The molecule has 0 aliphatic carbocycles. The van der Waals surface area contributed by atoms with Gasteiger partial charge in [-0.05, 0) is 30.7 Å². The molecule has 1 aliphatic heterocycles. The minimum Gasteiger partial charge on any atom is -0.445 e. The quantitative estimate of drug-likeness (QED) is 0.886. The van der Waals surface area contributed by atoms with Gasteiger partial charge in [-0.15, -0.1) is 0 Å². The number of rotatable bonds is 3. The Kier molecular flexibility index (Phi) is 4.69. The van der Waals surface area contributed by atoms with Crippen LogP contribution in [-0.2, 0) is 11.3 Å². The van der Waals surface area contributed by atoms with Gasteiger partial charge in [0, 0.05) is 23.2 Å². The molecular weight excluding hydrogens is 307 g/mol. The summed E-state index contributed by atoms with van der Waals surface area (Å²) in [5.41, 5.74) is 2.51. The van der Waals surface area contributed by atoms with Gasteiger partial charge in [0.1, 0.15) is 12.4 Å². The van der Waals surface area contributed by atoms with Crippen LogP contribution >= 0.6 is 0 Å². The number of nitrogens with one attached hydrogen (secondary N) is 2. The summed E-state index contributed by atoms with van der Waals surface area (Å²) < 4.78 is 18.9. The zero-order valence-electron chi connectivity index (χ0n) is 13.8. The SMILES string of the molecule is C[C@@H]1Nc2ccc(F)cc2C(NC(=O)OCc2ccccc2)[C@H]1C. The Labute approximate surface area is 141 Å². The number of benzene rings is 2. The summed E-state index contributed by atoms with van der Waals surface area (Å²) in [4.78, 5) is 12.2. The summed E-state index contributed by atoms with van der Waals surface area (Å²) >= 11 is 0. The molecular formula is C19H21FN2O2. The summed E-state index contributed by atoms with van der Waals surface area (Å²) in [7, 11) is 0. The Morgan fingerprint density at radius 2 is 1.96 bits per heavy atom. The van der Waals surface area contributed by atoms with Crippen molar-refractivity contribution < 1.29 is 13.9 Å². The molecule has 0 saturated carbocycles. The van der Waals surface area contributed by atoms with Gasteiger partial charge in [0.25, 0.3) is 0 Å². The van der Waals surface area contributed by atoms with Crippen LogP contribution in [0.2, 0.25) is 0 Å². The van der Waals surface area contributed by atoms with Crippen LogP contribution in [0.15, 0.2) is 48.5 Å². The van der Waals surface area contributed by atoms with Crippen molar-refractivity contribution in [2.45, 2.75) is 32.5 Å². The van der Waals surface area contributed by atoms with Gasteiger partial charge in [-0.3, -0.25) is 0 Å². The molecule has 1 amide bonds. The van der Waals surface area contributed by atoms with Crippen molar-refractivity contribution in [3.05, 3.63) is 65.5 Å². The second kappa shape index (κ2) is 6.91. The molecule has 3 atom stereocenters. The van der Waals surface area contributed by atoms with Crippen LogP contribution in [0.4, 0.5) is 14.9 Å². The zero-order chi connectivity index (χ0) is 17.1. The van der Waals surface area contributed by atoms with Crippen LogP contribution < -0.4 is 10.6 Å². The maximum atomic E-state index is 13.6. The van der Waals surface area contributed by atoms with E-state index in [-0.39, 0.29) is 30.4 Å². The van der Waals surface area contributed by atoms with Crippen LogP contribution in [0.5, 0.6) is 0 Å². The molecule has 0 radical (unpaired) electrons. The number of carbonyl (C=O) groups excluding carboxylic acids is 1. The first-order chi connectivity index (χ1) is 11.5. The van der Waals surface area contributed by atoms with E-state index in [1.54, 1.807) is 6.07 Å². The fourth-order valence-corrected chi connectivity index (χ4v) is 2.97. The molecule has 1 unspecified atom stereocenters. The summed E-state index contributed by atoms with van der Waals surface area (Å²) in [6, 6.07) is 13.9. The number of amides is 1. The maximum Gasteiger partial charge on any atom is 0.407 e. The summed E-state index contributed by atoms with van der Waals surface area (Å²) in [6.45, 7) is 4.27. The molecule has 126 valence electrons. The van der Waals surface area contributed by atoms with Gasteiger partial charge in [0.15, 0.2) is 0 Å². The first-order valence-electron chi connectivity index (χ1n) is 8.08. The lowest BCUT2D eigenvalue weighted by atomic mass is 9.84. The minimum absolute atomic E-state index is 0.101. The van der Waals surface area contributed by atoms with Crippen LogP contribution in [-0.4, -0.2) is 12.1 Å². The first-order valence-corrected chi connectivity index (χ1v) is 8.08. The smallest absolute Gasteiger partial charge is 0.407 e. The molecule has 3 rings (SSSR count). The third kappa shape index (κ3) is 3.50. The minimum atomic E-state index is -0.500. The highest BCUT2D eigenvalue weighted by Crippen LogP contribution is 2.36. The Bertz CT molecular complexity index is 721. The first kappa shape index (κ1) is 16.3. The number of anilines is 1. The Morgan fingerprint density at radius 3 is 2.71 bits per heavy atom. The third-order valence-electron chi connectivity index (χ3n) is 4.53. The third-order valence-corrected chi connectivity index (χ3v) is 4.53. The largest absolute Gasteiger partial charge is 0.445 e. The lowest BCUT2D eigenvalue weighted by Crippen LogP contribution is -2.42. The van der Waals surface area contributed by atoms with E-state index in [4.69, 9.17) is 4.74 Å². The maximum absolute atomic E-state index is 13.6. The van der Waals surface area contributed by atoms with E-state index in [2.05, 4.69) is 10.6 Å². The predicted molar refractivity (Wildman–Crippen MR) is 91.2 cm³/mol. The molecule has 2 aromatic rings. The average molecular weight is 328 g/mol. The Morgan fingerprint density at radius 1 is 1.21 bits per heavy atom. The molecule has 2 aromatic carbocycles. The molecule has 5 heteroatoms. The second-order valence-corrected chi connectivity index (χ2v) is 6.21. The molecule has 0 bridgehead atoms. The molecule has 0 aromatic heterocycles. The lowest BCUT2D eigenvalue weighted by molar-refractivity contribution is 0.131. The molecule has 4 nitrogen and oxygen atoms in total. The highest BCUT2D eigenvalue weighted by atomic mass is 19.1. The number of hydrogen-bond donors (Lipinski definition) is 2. The standard InChI is InChI=1S/C19H21FN2O2/c1-12-13(2)21-17-9-8-15(20)10-16(17)18(12)22-19(23)24-11-14-6-4-3-5-7-14/h3-10,12-13,18,21H,11H2,1-2H3,(H,22,23)/t12-,13-,18?/m0/s1. The normalized spacial score (nSPS) is 22.2. The van der Waals surface area contributed by atoms with Crippen molar-refractivity contribution in [1.82, 2.24) is 5.32 Å². The van der Waals surface area contributed by atoms with E-state index in [9.17, 15) is 9.18 Å². The molecule has 0 spiro atoms. The highest BCUT2D eigenvalue weighted by Gasteiger charge is 2.33. The van der Waals surface area contributed by atoms with E-state index in [0.717, 1.165) is 16.8 Å². The molecule has 2 N–H and O–H groups in total. The fourth-order valence-electron chi connectivity index (χ4n) is 2.97. The van der Waals surface area contributed by atoms with Crippen LogP contribution in [0.25, 0.3) is 0 Å². The van der Waals surface area contributed by atoms with Crippen LogP contribution in [0, 0.1) is 11.7 Å². The predicted octanol–water partition coefficient (Wildman–Crippen LogP) is 4.24. The van der Waals surface area contributed by atoms with Crippen LogP contribution in [0.3, 0.4) is 0 Å². The van der Waals surface area contributed by atoms with Gasteiger partial charge >= 0.3 is 6.09 Å². The van der Waals surface area contributed by atoms with Gasteiger partial charge in [-0.2, -0.15) is 0 Å². The Hall–Kier alpha value is -2.56. The highest BCUT2D eigenvalue weighted by molar-refractivity contribution is 5.69. The van der Waals surface area contributed by atoms with E-state index < -0.39 is 6.09 Å². The lowest BCUT2D eigenvalue weighted by Gasteiger charge is -2.37. The van der Waals surface area contributed by atoms with E-state index >= 15 is 0 Å². The number of carbonyl (C=O) groups is 1. The van der Waals surface area contributed by atoms with Crippen molar-refractivity contribution in [1.29, 1.82) is 0 Å². The molecule has 0 saturated heterocycles. The average Bonchev–Trinajstić information content (AvgIpc) is 2.59. The molecule has 0 fully saturated rings. The second-order valence-electron chi connectivity index (χ2n) is 6.21. The topological polar surface area (TPSA) is 50.4 Å². The van der Waals surface area contributed by atoms with Gasteiger partial charge in [0.2, 0.25) is 0 Å². The number of fused-ring (bicyclic) bond motifs is 1. The van der Waals surface area contributed by atoms with Crippen molar-refractivity contribution >= 4 is 11.8 Å². The number of ether oxygens (including phenoxy) is 1. The number of halogens is 1. The Balaban J connectivity index is 1.71. The molecule has 1 aliphatic rings. The van der Waals surface area contributed by atoms with Crippen molar-refractivity contribution in [3.63, 3.8) is 0 Å². The van der Waals surface area contributed by atoms with Gasteiger partial charge in [-0.25, -0.2) is 9.18 Å². The van der Waals surface area contributed by atoms with Crippen molar-refractivity contribution in [2.24, 2.45) is 5.92 Å². The van der Waals surface area contributed by atoms with Crippen molar-refractivity contribution in [2.75, 3.05) is 5.32 Å². The van der Waals surface area contributed by atoms with Gasteiger partial charge < -0.3 is 15.4 Å². The number of alkyl carbamates (subject to hydrolysis) is 1. The fraction of sp³-hybridized carbons (Fsp3) is 0.316. The van der Waals surface area contributed by atoms with Crippen molar-refractivity contribution in [3.8, 4) is 0 Å². The summed E-state index contributed by atoms with van der Waals surface area (Å²) in [5, 5.41) is 6.22.